The average Bonchev–Trinajstić information content (AvgIpc) is 4.06. The van der Waals surface area contributed by atoms with E-state index >= 15 is 0 Å². The molecule has 1 aliphatic carbocycles. The van der Waals surface area contributed by atoms with Crippen molar-refractivity contribution in [1.29, 1.82) is 0 Å². The number of halogens is 1. The number of carbonyl (C=O) groups excluding carboxylic acids is 1. The van der Waals surface area contributed by atoms with E-state index in [0.29, 0.717) is 45.0 Å². The van der Waals surface area contributed by atoms with Gasteiger partial charge in [0.1, 0.15) is 18.5 Å². The molecule has 3 aliphatic rings. The van der Waals surface area contributed by atoms with Crippen molar-refractivity contribution in [3.05, 3.63) is 220 Å². The zero-order valence-electron chi connectivity index (χ0n) is 43.3. The first-order valence-corrected chi connectivity index (χ1v) is 25.2. The van der Waals surface area contributed by atoms with Crippen molar-refractivity contribution in [3.8, 4) is 35.1 Å². The third-order valence-corrected chi connectivity index (χ3v) is 13.1. The van der Waals surface area contributed by atoms with Crippen LogP contribution < -0.4 is 13.3 Å². The molecule has 0 saturated heterocycles. The summed E-state index contributed by atoms with van der Waals surface area (Å²) in [5, 5.41) is 18.5. The number of ketones is 1. The number of aryl methyl sites for hydroxylation is 2. The van der Waals surface area contributed by atoms with E-state index in [1.54, 1.807) is 28.9 Å². The first-order valence-electron chi connectivity index (χ1n) is 23.8. The second-order valence-electron chi connectivity index (χ2n) is 17.7. The molecule has 4 N–H and O–H groups in total. The molecule has 0 bridgehead atoms. The van der Waals surface area contributed by atoms with E-state index in [4.69, 9.17) is 33.8 Å². The summed E-state index contributed by atoms with van der Waals surface area (Å²) in [5.41, 5.74) is 13.4. The van der Waals surface area contributed by atoms with Crippen LogP contribution in [0.5, 0.6) is 29.4 Å². The first-order chi connectivity index (χ1) is 36.0. The predicted molar refractivity (Wildman–Crippen MR) is 310 cm³/mol. The van der Waals surface area contributed by atoms with E-state index < -0.39 is 15.9 Å². The van der Waals surface area contributed by atoms with Crippen LogP contribution in [-0.2, 0) is 63.9 Å². The minimum absolute atomic E-state index is 0. The molecule has 0 spiro atoms. The summed E-state index contributed by atoms with van der Waals surface area (Å²) in [6, 6.07) is 51.2. The Morgan fingerprint density at radius 3 is 1.97 bits per heavy atom. The van der Waals surface area contributed by atoms with Gasteiger partial charge in [-0.1, -0.05) is 140 Å². The Labute approximate surface area is 493 Å². The molecular weight excluding hydrogens is 1120 g/mol. The topological polar surface area (TPSA) is 228 Å². The number of hydrogen-bond acceptors (Lipinski definition) is 13. The fourth-order valence-electron chi connectivity index (χ4n) is 8.56. The zero-order valence-corrected chi connectivity index (χ0v) is 47.9. The molecule has 17 nitrogen and oxygen atoms in total. The Hall–Kier alpha value is -7.43. The molecule has 8 aromatic rings. The summed E-state index contributed by atoms with van der Waals surface area (Å²) >= 11 is 5.46. The van der Waals surface area contributed by atoms with Crippen molar-refractivity contribution in [1.82, 2.24) is 24.7 Å². The molecule has 0 saturated carbocycles. The van der Waals surface area contributed by atoms with Crippen LogP contribution in [0.4, 0.5) is 17.3 Å². The number of nitrogens with zero attached hydrogens (tertiary/aromatic N) is 10. The summed E-state index contributed by atoms with van der Waals surface area (Å²) in [4.78, 5) is 26.6. The van der Waals surface area contributed by atoms with Crippen molar-refractivity contribution in [2.75, 3.05) is 7.05 Å². The zero-order chi connectivity index (χ0) is 51.2. The Bertz CT molecular complexity index is 3500. The van der Waals surface area contributed by atoms with E-state index in [1.165, 1.54) is 0 Å². The molecule has 0 unspecified atom stereocenters. The molecule has 0 amide bonds. The van der Waals surface area contributed by atoms with Gasteiger partial charge < -0.3 is 65.5 Å². The molecule has 2 radical (unpaired) electrons. The van der Waals surface area contributed by atoms with Gasteiger partial charge in [0.05, 0.1) is 39.3 Å². The van der Waals surface area contributed by atoms with Gasteiger partial charge in [-0.15, -0.1) is 20.9 Å². The summed E-state index contributed by atoms with van der Waals surface area (Å²) in [6.07, 6.45) is 3.62. The number of ether oxygens (including phenoxy) is 2. The number of carbonyl (C=O) groups is 1. The number of benzene rings is 6. The second kappa shape index (κ2) is 27.9. The van der Waals surface area contributed by atoms with E-state index in [2.05, 4.69) is 61.1 Å². The van der Waals surface area contributed by atoms with Gasteiger partial charge >= 0.3 is 27.9 Å². The number of Topliss-reactive ketones (excluding diaryl/α,β-unsaturated/α-hetero) is 1. The minimum Gasteiger partial charge on any atom is -0.813 e. The number of azo groups is 1. The van der Waals surface area contributed by atoms with Crippen molar-refractivity contribution in [2.45, 2.75) is 46.0 Å². The average molecular weight is 1180 g/mol. The Morgan fingerprint density at radius 1 is 0.797 bits per heavy atom. The van der Waals surface area contributed by atoms with Gasteiger partial charge in [0.25, 0.3) is 5.95 Å². The Morgan fingerprint density at radius 2 is 1.38 bits per heavy atom. The monoisotopic (exact) mass is 1170 g/mol. The molecule has 6 aromatic carbocycles. The van der Waals surface area contributed by atoms with Gasteiger partial charge in [0, 0.05) is 44.8 Å². The molecular formula is C57H53AlClN10NiO7S2-3. The van der Waals surface area contributed by atoms with E-state index in [1.807, 2.05) is 160 Å². The van der Waals surface area contributed by atoms with Crippen LogP contribution in [0, 0.1) is 6.92 Å². The van der Waals surface area contributed by atoms with Crippen molar-refractivity contribution in [2.24, 2.45) is 15.3 Å². The van der Waals surface area contributed by atoms with Crippen LogP contribution in [0.25, 0.3) is 16.7 Å². The Kier molecular flexibility index (Phi) is 22.1. The van der Waals surface area contributed by atoms with Crippen LogP contribution in [0.1, 0.15) is 55.1 Å². The van der Waals surface area contributed by atoms with Gasteiger partial charge in [-0.05, 0) is 75.7 Å². The Balaban J connectivity index is 0.000000274. The molecule has 408 valence electrons. The third kappa shape index (κ3) is 13.9. The van der Waals surface area contributed by atoms with E-state index in [9.17, 15) is 4.79 Å². The van der Waals surface area contributed by atoms with Crippen LogP contribution >= 0.6 is 11.6 Å². The largest absolute Gasteiger partial charge is 0.813 e. The maximum Gasteiger partial charge on any atom is 0.346 e. The summed E-state index contributed by atoms with van der Waals surface area (Å²) in [6.45, 7) is 8.42. The van der Waals surface area contributed by atoms with Gasteiger partial charge in [0.2, 0.25) is 11.5 Å². The van der Waals surface area contributed by atoms with Gasteiger partial charge in [-0.2, -0.15) is 19.6 Å². The minimum atomic E-state index is -0.854. The molecule has 2 aliphatic heterocycles. The molecule has 0 fully saturated rings. The number of rotatable bonds is 12. The van der Waals surface area contributed by atoms with Crippen molar-refractivity contribution in [3.63, 3.8) is 0 Å². The molecule has 22 heteroatoms. The molecule has 11 rings (SSSR count). The fraction of sp³-hybridized carbons (Fsp3) is 0.140. The second-order valence-corrected chi connectivity index (χ2v) is 18.8. The van der Waals surface area contributed by atoms with E-state index in [-0.39, 0.29) is 89.4 Å². The third-order valence-electron chi connectivity index (χ3n) is 12.2. The molecule has 4 heterocycles. The standard InChI is InChI=1S/C29H22N7O2.C28H26ClN3O3.Al.Ni.2H2O.2H2S/c1-21-17-19-22(20-18-21)26(34-33-23-11-5-2-6-12-23)35-36-27-30-28(37-24-13-7-3-8-14-24)32-29(31-27)38-25-15-9-4-10-16-25;1-5-9-20-23(27(35)32(30-20)17-10-7-6-8-11-17)24-25(33)18(26(24)34)15-22-28(2,3)19-14-16(29)12-13-21(19)31(22)4;;;;;;/h2-20H,1H3;6-8,10-15,33H,5,9H2,1-4H3;;;4*1H2/q-1;;+1;;;;;/p-3. The van der Waals surface area contributed by atoms with Gasteiger partial charge in [0.15, 0.2) is 17.4 Å². The summed E-state index contributed by atoms with van der Waals surface area (Å²) < 4.78 is 27.8. The predicted octanol–water partition coefficient (Wildman–Crippen LogP) is 11.1. The maximum atomic E-state index is 13.7. The number of para-hydroxylation sites is 3. The maximum absolute atomic E-state index is 13.7. The van der Waals surface area contributed by atoms with Crippen LogP contribution in [0.3, 0.4) is 0 Å². The number of hydrogen-bond donors (Lipinski definition) is 0. The van der Waals surface area contributed by atoms with Gasteiger partial charge in [-0.25, -0.2) is 4.68 Å². The van der Waals surface area contributed by atoms with Crippen LogP contribution in [0.2, 0.25) is 5.02 Å². The smallest absolute Gasteiger partial charge is 0.346 e. The number of fused-ring (bicyclic) bond motifs is 3. The van der Waals surface area contributed by atoms with Crippen LogP contribution in [-0.4, -0.2) is 80.5 Å². The number of thiol groups is 2. The SMILES string of the molecule is CCCc1nn(-c2ccccc2)c2c1C1=C([O][Al-][O]2)/C(=C/C2=[N+](C)c3ccc(Cl)cc3C2(C)C)C1=O.Cc1ccc(C(N=Nc2nc(Oc3ccccc3)nc(Oc3ccccc3)n2)=N[N-]c2ccccc2)cc1.O.O.[Ni].[SH-].[SH-]. The fourth-order valence-corrected chi connectivity index (χ4v) is 9.43. The molecule has 2 aromatic heterocycles. The number of allylic oxidation sites excluding steroid dienone is 3. The van der Waals surface area contributed by atoms with Crippen molar-refractivity contribution >= 4 is 94.7 Å². The van der Waals surface area contributed by atoms with Crippen LogP contribution in [0.15, 0.2) is 197 Å². The normalized spacial score (nSPS) is 14.0. The number of amidine groups is 1. The van der Waals surface area contributed by atoms with Gasteiger partial charge in [-0.3, -0.25) is 4.79 Å². The first kappa shape index (κ1) is 62.4. The van der Waals surface area contributed by atoms with Crippen molar-refractivity contribution < 1.29 is 53.9 Å². The molecule has 79 heavy (non-hydrogen) atoms. The quantitative estimate of drug-likeness (QED) is 0.0129. The number of aromatic nitrogens is 5. The molecule has 0 atom stereocenters. The van der Waals surface area contributed by atoms with E-state index in [0.717, 1.165) is 57.9 Å². The summed E-state index contributed by atoms with van der Waals surface area (Å²) in [5.74, 6) is 2.54. The summed E-state index contributed by atoms with van der Waals surface area (Å²) in [7, 11) is 2.02.